The molecule has 0 saturated carbocycles. The van der Waals surface area contributed by atoms with Gasteiger partial charge >= 0.3 is 18.0 Å². The van der Waals surface area contributed by atoms with Gasteiger partial charge in [-0.3, -0.25) is 14.4 Å². The lowest BCUT2D eigenvalue weighted by molar-refractivity contribution is -0.146. The van der Waals surface area contributed by atoms with Crippen molar-refractivity contribution < 1.29 is 32.0 Å². The summed E-state index contributed by atoms with van der Waals surface area (Å²) in [7, 11) is 0. The molecule has 2 N–H and O–H groups in total. The van der Waals surface area contributed by atoms with E-state index in [1.54, 1.807) is 23.1 Å². The molecule has 0 unspecified atom stereocenters. The van der Waals surface area contributed by atoms with Crippen LogP contribution in [0.25, 0.3) is 6.08 Å². The number of rotatable bonds is 5. The number of nitrogens with one attached hydrogen (secondary N) is 2. The van der Waals surface area contributed by atoms with E-state index in [4.69, 9.17) is 4.42 Å². The maximum absolute atomic E-state index is 12.1. The Morgan fingerprint density at radius 1 is 1.19 bits per heavy atom. The van der Waals surface area contributed by atoms with Crippen LogP contribution < -0.4 is 10.6 Å². The van der Waals surface area contributed by atoms with Crippen LogP contribution in [0, 0.1) is 5.92 Å². The average Bonchev–Trinajstić information content (AvgIpc) is 3.15. The second kappa shape index (κ2) is 9.24. The number of carbonyl (C=O) groups excluding carboxylic acids is 3. The van der Waals surface area contributed by atoms with Crippen molar-refractivity contribution in [3.8, 4) is 0 Å². The minimum atomic E-state index is -4.57. The van der Waals surface area contributed by atoms with E-state index in [-0.39, 0.29) is 18.4 Å². The maximum atomic E-state index is 12.1. The molecule has 1 aliphatic rings. The topological polar surface area (TPSA) is 91.7 Å². The molecule has 0 aromatic carbocycles. The predicted molar refractivity (Wildman–Crippen MR) is 89.1 cm³/mol. The number of furan rings is 1. The monoisotopic (exact) mass is 387 g/mol. The molecule has 1 aliphatic heterocycles. The van der Waals surface area contributed by atoms with Gasteiger partial charge < -0.3 is 20.0 Å². The molecule has 10 heteroatoms. The van der Waals surface area contributed by atoms with Crippen LogP contribution in [0.15, 0.2) is 28.9 Å². The van der Waals surface area contributed by atoms with Gasteiger partial charge in [0.05, 0.1) is 6.26 Å². The Balaban J connectivity index is 1.67. The number of alkyl halides is 3. The van der Waals surface area contributed by atoms with E-state index in [2.05, 4.69) is 5.32 Å². The number of hydrogen-bond acceptors (Lipinski definition) is 4. The van der Waals surface area contributed by atoms with Gasteiger partial charge in [0.2, 0.25) is 5.91 Å². The summed E-state index contributed by atoms with van der Waals surface area (Å²) in [5, 5.41) is 3.84. The number of hydrogen-bond donors (Lipinski definition) is 2. The molecule has 0 aliphatic carbocycles. The number of halogens is 3. The molecular formula is C17H20F3N3O4. The second-order valence-corrected chi connectivity index (χ2v) is 6.13. The first-order chi connectivity index (χ1) is 12.7. The lowest BCUT2D eigenvalue weighted by Gasteiger charge is -2.31. The minimum absolute atomic E-state index is 0.0440. The van der Waals surface area contributed by atoms with E-state index >= 15 is 0 Å². The van der Waals surface area contributed by atoms with E-state index in [1.165, 1.54) is 17.7 Å². The van der Waals surface area contributed by atoms with Crippen LogP contribution in [-0.4, -0.2) is 55.0 Å². The first-order valence-corrected chi connectivity index (χ1v) is 8.38. The fourth-order valence-electron chi connectivity index (χ4n) is 2.58. The molecule has 1 aromatic rings. The second-order valence-electron chi connectivity index (χ2n) is 6.13. The van der Waals surface area contributed by atoms with Crippen LogP contribution in [0.4, 0.5) is 13.2 Å². The Labute approximate surface area is 153 Å². The molecular weight excluding hydrogens is 367 g/mol. The first-order valence-electron chi connectivity index (χ1n) is 8.38. The molecule has 0 radical (unpaired) electrons. The van der Waals surface area contributed by atoms with Crippen LogP contribution in [0.5, 0.6) is 0 Å². The Morgan fingerprint density at radius 3 is 2.44 bits per heavy atom. The highest BCUT2D eigenvalue weighted by Crippen LogP contribution is 2.17. The Bertz CT molecular complexity index is 678. The van der Waals surface area contributed by atoms with Gasteiger partial charge in [0.15, 0.2) is 0 Å². The number of nitrogens with zero attached hydrogens (tertiary/aromatic N) is 1. The van der Waals surface area contributed by atoms with Crippen molar-refractivity contribution in [3.05, 3.63) is 30.2 Å². The van der Waals surface area contributed by atoms with Gasteiger partial charge in [-0.05, 0) is 37.0 Å². The molecule has 3 amide bonds. The molecule has 27 heavy (non-hydrogen) atoms. The fourth-order valence-corrected chi connectivity index (χ4v) is 2.58. The lowest BCUT2D eigenvalue weighted by atomic mass is 9.96. The van der Waals surface area contributed by atoms with E-state index in [9.17, 15) is 27.6 Å². The van der Waals surface area contributed by atoms with Gasteiger partial charge in [-0.25, -0.2) is 0 Å². The van der Waals surface area contributed by atoms with Gasteiger partial charge in [0.25, 0.3) is 0 Å². The first kappa shape index (κ1) is 20.5. The third kappa shape index (κ3) is 7.16. The summed E-state index contributed by atoms with van der Waals surface area (Å²) in [5.41, 5.74) is 0. The van der Waals surface area contributed by atoms with Crippen LogP contribution in [0.2, 0.25) is 0 Å². The Morgan fingerprint density at radius 2 is 1.85 bits per heavy atom. The quantitative estimate of drug-likeness (QED) is 0.589. The summed E-state index contributed by atoms with van der Waals surface area (Å²) < 4.78 is 41.1. The van der Waals surface area contributed by atoms with Crippen molar-refractivity contribution >= 4 is 23.8 Å². The summed E-state index contributed by atoms with van der Waals surface area (Å²) in [6, 6.07) is 3.44. The van der Waals surface area contributed by atoms with E-state index in [0.717, 1.165) is 0 Å². The van der Waals surface area contributed by atoms with Gasteiger partial charge in [0.1, 0.15) is 12.3 Å². The Kier molecular flexibility index (Phi) is 7.03. The van der Waals surface area contributed by atoms with Gasteiger partial charge in [-0.2, -0.15) is 13.2 Å². The van der Waals surface area contributed by atoms with Crippen LogP contribution in [0.3, 0.4) is 0 Å². The Hall–Kier alpha value is -2.78. The smallest absolute Gasteiger partial charge is 0.405 e. The molecule has 2 rings (SSSR count). The fraction of sp³-hybridized carbons (Fsp3) is 0.471. The van der Waals surface area contributed by atoms with Gasteiger partial charge in [-0.1, -0.05) is 0 Å². The van der Waals surface area contributed by atoms with Crippen LogP contribution in [0.1, 0.15) is 18.6 Å². The number of carbonyl (C=O) groups is 3. The number of likely N-dealkylation sites (tertiary alicyclic amines) is 1. The molecule has 1 saturated heterocycles. The summed E-state index contributed by atoms with van der Waals surface area (Å²) >= 11 is 0. The SMILES string of the molecule is O=C(NCC1CCN(C(=O)/C=C/c2ccco2)CC1)C(=O)NCC(F)(F)F. The normalized spacial score (nSPS) is 15.7. The third-order valence-corrected chi connectivity index (χ3v) is 4.07. The molecule has 0 atom stereocenters. The molecule has 0 spiro atoms. The third-order valence-electron chi connectivity index (χ3n) is 4.07. The molecule has 0 bridgehead atoms. The van der Waals surface area contributed by atoms with Crippen molar-refractivity contribution in [3.63, 3.8) is 0 Å². The average molecular weight is 387 g/mol. The van der Waals surface area contributed by atoms with E-state index in [1.807, 2.05) is 0 Å². The summed E-state index contributed by atoms with van der Waals surface area (Å²) in [4.78, 5) is 36.5. The summed E-state index contributed by atoms with van der Waals surface area (Å²) in [5.74, 6) is -1.95. The van der Waals surface area contributed by atoms with Gasteiger partial charge in [0, 0.05) is 25.7 Å². The number of piperidine rings is 1. The molecule has 7 nitrogen and oxygen atoms in total. The zero-order chi connectivity index (χ0) is 19.9. The van der Waals surface area contributed by atoms with Crippen molar-refractivity contribution in [1.82, 2.24) is 15.5 Å². The molecule has 1 fully saturated rings. The van der Waals surface area contributed by atoms with Crippen molar-refractivity contribution in [2.24, 2.45) is 5.92 Å². The summed E-state index contributed by atoms with van der Waals surface area (Å²) in [6.45, 7) is -0.405. The van der Waals surface area contributed by atoms with E-state index in [0.29, 0.717) is 31.7 Å². The largest absolute Gasteiger partial charge is 0.465 e. The molecule has 2 heterocycles. The van der Waals surface area contributed by atoms with E-state index < -0.39 is 24.5 Å². The van der Waals surface area contributed by atoms with Crippen molar-refractivity contribution in [2.75, 3.05) is 26.2 Å². The molecule has 1 aromatic heterocycles. The van der Waals surface area contributed by atoms with Crippen LogP contribution in [-0.2, 0) is 14.4 Å². The summed E-state index contributed by atoms with van der Waals surface area (Å²) in [6.07, 6.45) is 1.17. The predicted octanol–water partition coefficient (Wildman–Crippen LogP) is 1.33. The highest BCUT2D eigenvalue weighted by atomic mass is 19.4. The highest BCUT2D eigenvalue weighted by Gasteiger charge is 2.29. The zero-order valence-corrected chi connectivity index (χ0v) is 14.4. The standard InChI is InChI=1S/C17H20F3N3O4/c18-17(19,20)11-22-16(26)15(25)21-10-12-5-7-23(8-6-12)14(24)4-3-13-2-1-9-27-13/h1-4,9,12H,5-8,10-11H2,(H,21,25)(H,22,26)/b4-3+. The zero-order valence-electron chi connectivity index (χ0n) is 14.4. The van der Waals surface area contributed by atoms with Crippen LogP contribution >= 0.6 is 0 Å². The number of amides is 3. The maximum Gasteiger partial charge on any atom is 0.405 e. The lowest BCUT2D eigenvalue weighted by Crippen LogP contribution is -2.46. The van der Waals surface area contributed by atoms with Gasteiger partial charge in [-0.15, -0.1) is 0 Å². The van der Waals surface area contributed by atoms with Crippen molar-refractivity contribution in [2.45, 2.75) is 19.0 Å². The molecule has 148 valence electrons. The highest BCUT2D eigenvalue weighted by molar-refractivity contribution is 6.35. The van der Waals surface area contributed by atoms with Crippen molar-refractivity contribution in [1.29, 1.82) is 0 Å². The minimum Gasteiger partial charge on any atom is -0.465 e.